The summed E-state index contributed by atoms with van der Waals surface area (Å²) in [6.07, 6.45) is 0. The van der Waals surface area contributed by atoms with Gasteiger partial charge in [0, 0.05) is 22.2 Å². The van der Waals surface area contributed by atoms with E-state index in [-0.39, 0.29) is 12.4 Å². The van der Waals surface area contributed by atoms with Crippen LogP contribution < -0.4 is 10.5 Å². The largest absolute Gasteiger partial charge is 0.497 e. The Hall–Kier alpha value is -2.99. The number of hydrogen-bond donors (Lipinski definition) is 1. The highest BCUT2D eigenvalue weighted by Gasteiger charge is 2.07. The number of halogens is 1. The molecule has 1 aromatic heterocycles. The highest BCUT2D eigenvalue weighted by Crippen LogP contribution is 2.21. The van der Waals surface area contributed by atoms with Crippen molar-refractivity contribution >= 4 is 17.4 Å². The minimum Gasteiger partial charge on any atom is -0.497 e. The van der Waals surface area contributed by atoms with Gasteiger partial charge in [0.1, 0.15) is 11.4 Å². The fraction of sp³-hybridized carbons (Fsp3) is 0.111. The van der Waals surface area contributed by atoms with Crippen LogP contribution in [0, 0.1) is 0 Å². The van der Waals surface area contributed by atoms with E-state index in [1.807, 2.05) is 12.1 Å². The number of amidine groups is 1. The van der Waals surface area contributed by atoms with Gasteiger partial charge >= 0.3 is 0 Å². The van der Waals surface area contributed by atoms with Crippen LogP contribution in [0.5, 0.6) is 5.75 Å². The van der Waals surface area contributed by atoms with Gasteiger partial charge in [0.15, 0.2) is 18.2 Å². The average Bonchev–Trinajstić information content (AvgIpc) is 3.11. The predicted molar refractivity (Wildman–Crippen MR) is 95.5 cm³/mol. The molecule has 128 valence electrons. The molecule has 2 aromatic carbocycles. The molecule has 0 saturated carbocycles. The van der Waals surface area contributed by atoms with Crippen LogP contribution in [0.3, 0.4) is 0 Å². The normalized spacial score (nSPS) is 11.4. The second-order valence-corrected chi connectivity index (χ2v) is 5.60. The molecule has 0 atom stereocenters. The molecule has 0 spiro atoms. The van der Waals surface area contributed by atoms with Crippen molar-refractivity contribution in [3.8, 4) is 17.0 Å². The van der Waals surface area contributed by atoms with Crippen molar-refractivity contribution in [2.45, 2.75) is 6.61 Å². The maximum Gasteiger partial charge on any atom is 0.177 e. The smallest absolute Gasteiger partial charge is 0.177 e. The SMILES string of the molecule is COc1ccc(/C(N)=N/OCc2cc(-c3ccc(Cl)cc3)no2)cc1. The minimum absolute atomic E-state index is 0.122. The zero-order valence-electron chi connectivity index (χ0n) is 13.5. The number of methoxy groups -OCH3 is 1. The van der Waals surface area contributed by atoms with Crippen molar-refractivity contribution < 1.29 is 14.1 Å². The summed E-state index contributed by atoms with van der Waals surface area (Å²) in [5, 5.41) is 8.55. The van der Waals surface area contributed by atoms with Gasteiger partial charge in [0.05, 0.1) is 7.11 Å². The van der Waals surface area contributed by atoms with Crippen LogP contribution in [-0.2, 0) is 11.4 Å². The Morgan fingerprint density at radius 1 is 1.16 bits per heavy atom. The van der Waals surface area contributed by atoms with Crippen LogP contribution in [0.4, 0.5) is 0 Å². The first-order valence-electron chi connectivity index (χ1n) is 7.47. The molecule has 0 bridgehead atoms. The number of nitrogens with two attached hydrogens (primary N) is 1. The fourth-order valence-electron chi connectivity index (χ4n) is 2.12. The van der Waals surface area contributed by atoms with E-state index in [0.717, 1.165) is 16.9 Å². The Labute approximate surface area is 149 Å². The summed E-state index contributed by atoms with van der Waals surface area (Å²) in [5.74, 6) is 1.55. The Bertz CT molecular complexity index is 858. The first-order chi connectivity index (χ1) is 12.2. The van der Waals surface area contributed by atoms with Crippen LogP contribution >= 0.6 is 11.6 Å². The van der Waals surface area contributed by atoms with Crippen LogP contribution in [0.1, 0.15) is 11.3 Å². The third kappa shape index (κ3) is 4.30. The molecular weight excluding hydrogens is 342 g/mol. The van der Waals surface area contributed by atoms with Crippen molar-refractivity contribution in [1.29, 1.82) is 0 Å². The molecule has 0 aliphatic carbocycles. The van der Waals surface area contributed by atoms with E-state index >= 15 is 0 Å². The zero-order chi connectivity index (χ0) is 17.6. The molecular formula is C18H16ClN3O3. The number of hydrogen-bond acceptors (Lipinski definition) is 5. The van der Waals surface area contributed by atoms with Gasteiger partial charge in [-0.2, -0.15) is 0 Å². The van der Waals surface area contributed by atoms with E-state index < -0.39 is 0 Å². The molecule has 7 heteroatoms. The van der Waals surface area contributed by atoms with E-state index in [2.05, 4.69) is 10.3 Å². The van der Waals surface area contributed by atoms with Gasteiger partial charge in [-0.15, -0.1) is 0 Å². The fourth-order valence-corrected chi connectivity index (χ4v) is 2.24. The van der Waals surface area contributed by atoms with Crippen LogP contribution in [-0.4, -0.2) is 18.1 Å². The third-order valence-corrected chi connectivity index (χ3v) is 3.71. The predicted octanol–water partition coefficient (Wildman–Crippen LogP) is 3.84. The molecule has 0 aliphatic heterocycles. The van der Waals surface area contributed by atoms with Crippen LogP contribution in [0.15, 0.2) is 64.3 Å². The molecule has 0 unspecified atom stereocenters. The van der Waals surface area contributed by atoms with E-state index in [0.29, 0.717) is 16.5 Å². The molecule has 25 heavy (non-hydrogen) atoms. The molecule has 3 rings (SSSR count). The summed E-state index contributed by atoms with van der Waals surface area (Å²) >= 11 is 5.87. The van der Waals surface area contributed by atoms with Crippen molar-refractivity contribution in [2.24, 2.45) is 10.9 Å². The summed E-state index contributed by atoms with van der Waals surface area (Å²) in [6, 6.07) is 16.3. The Morgan fingerprint density at radius 2 is 1.88 bits per heavy atom. The van der Waals surface area contributed by atoms with Crippen molar-refractivity contribution in [1.82, 2.24) is 5.16 Å². The molecule has 6 nitrogen and oxygen atoms in total. The maximum atomic E-state index is 5.89. The quantitative estimate of drug-likeness (QED) is 0.411. The number of benzene rings is 2. The van der Waals surface area contributed by atoms with Gasteiger partial charge in [0.25, 0.3) is 0 Å². The molecule has 0 radical (unpaired) electrons. The minimum atomic E-state index is 0.122. The van der Waals surface area contributed by atoms with Gasteiger partial charge in [-0.05, 0) is 36.4 Å². The molecule has 0 saturated heterocycles. The highest BCUT2D eigenvalue weighted by atomic mass is 35.5. The van der Waals surface area contributed by atoms with Crippen molar-refractivity contribution in [2.75, 3.05) is 7.11 Å². The van der Waals surface area contributed by atoms with Gasteiger partial charge in [0.2, 0.25) is 0 Å². The maximum absolute atomic E-state index is 5.89. The Kier molecular flexibility index (Phi) is 5.20. The summed E-state index contributed by atoms with van der Waals surface area (Å²) in [7, 11) is 1.60. The second kappa shape index (κ2) is 7.72. The topological polar surface area (TPSA) is 82.9 Å². The molecule has 2 N–H and O–H groups in total. The Balaban J connectivity index is 1.60. The lowest BCUT2D eigenvalue weighted by molar-refractivity contribution is 0.109. The number of ether oxygens (including phenoxy) is 1. The highest BCUT2D eigenvalue weighted by molar-refractivity contribution is 6.30. The Morgan fingerprint density at radius 3 is 2.56 bits per heavy atom. The summed E-state index contributed by atoms with van der Waals surface area (Å²) < 4.78 is 10.3. The standard InChI is InChI=1S/C18H16ClN3O3/c1-23-15-8-4-13(5-9-15)18(20)22-24-11-16-10-17(21-25-16)12-2-6-14(19)7-3-12/h2-10H,11H2,1H3,(H2,20,22). The number of rotatable bonds is 6. The van der Waals surface area contributed by atoms with Crippen molar-refractivity contribution in [3.63, 3.8) is 0 Å². The summed E-state index contributed by atoms with van der Waals surface area (Å²) in [5.41, 5.74) is 8.22. The zero-order valence-corrected chi connectivity index (χ0v) is 14.2. The molecule has 3 aromatic rings. The monoisotopic (exact) mass is 357 g/mol. The second-order valence-electron chi connectivity index (χ2n) is 5.16. The van der Waals surface area contributed by atoms with Crippen LogP contribution in [0.25, 0.3) is 11.3 Å². The van der Waals surface area contributed by atoms with Gasteiger partial charge in [-0.25, -0.2) is 0 Å². The molecule has 0 amide bonds. The number of nitrogens with zero attached hydrogens (tertiary/aromatic N) is 2. The van der Waals surface area contributed by atoms with Crippen LogP contribution in [0.2, 0.25) is 5.02 Å². The summed E-state index contributed by atoms with van der Waals surface area (Å²) in [4.78, 5) is 5.24. The van der Waals surface area contributed by atoms with E-state index in [4.69, 9.17) is 31.4 Å². The third-order valence-electron chi connectivity index (χ3n) is 3.45. The lowest BCUT2D eigenvalue weighted by Gasteiger charge is -2.02. The number of aromatic nitrogens is 1. The lowest BCUT2D eigenvalue weighted by Crippen LogP contribution is -2.13. The first-order valence-corrected chi connectivity index (χ1v) is 7.85. The molecule has 0 fully saturated rings. The molecule has 0 aliphatic rings. The van der Waals surface area contributed by atoms with Crippen molar-refractivity contribution in [3.05, 3.63) is 70.9 Å². The van der Waals surface area contributed by atoms with E-state index in [1.54, 1.807) is 49.6 Å². The summed E-state index contributed by atoms with van der Waals surface area (Å²) in [6.45, 7) is 0.122. The number of oxime groups is 1. The first kappa shape index (κ1) is 16.9. The molecule has 1 heterocycles. The van der Waals surface area contributed by atoms with Gasteiger partial charge in [-0.3, -0.25) is 0 Å². The van der Waals surface area contributed by atoms with Gasteiger partial charge in [-0.1, -0.05) is 34.0 Å². The lowest BCUT2D eigenvalue weighted by atomic mass is 10.1. The van der Waals surface area contributed by atoms with Gasteiger partial charge < -0.3 is 19.8 Å². The van der Waals surface area contributed by atoms with E-state index in [9.17, 15) is 0 Å². The average molecular weight is 358 g/mol. The van der Waals surface area contributed by atoms with E-state index in [1.165, 1.54) is 0 Å².